The summed E-state index contributed by atoms with van der Waals surface area (Å²) in [7, 11) is 0. The largest absolute Gasteiger partial charge is 0.349 e. The fourth-order valence-electron chi connectivity index (χ4n) is 4.08. The van der Waals surface area contributed by atoms with E-state index in [1.165, 1.54) is 22.3 Å². The number of aryl methyl sites for hydroxylation is 1. The van der Waals surface area contributed by atoms with Crippen LogP contribution in [0.1, 0.15) is 47.1 Å². The van der Waals surface area contributed by atoms with Gasteiger partial charge in [-0.25, -0.2) is 0 Å². The Morgan fingerprint density at radius 2 is 1.86 bits per heavy atom. The molecule has 1 fully saturated rings. The molecule has 0 aromatic heterocycles. The average molecular weight is 277 g/mol. The highest BCUT2D eigenvalue weighted by Gasteiger charge is 2.43. The molecule has 0 unspecified atom stereocenters. The SMILES string of the molecule is Cc1cccc([C@H]2c3ccccc3[C@H]3NC(=O)CC[C@@H]23)c1. The Kier molecular flexibility index (Phi) is 2.85. The fourth-order valence-corrected chi connectivity index (χ4v) is 4.08. The van der Waals surface area contributed by atoms with Gasteiger partial charge < -0.3 is 5.32 Å². The van der Waals surface area contributed by atoms with Gasteiger partial charge in [0.25, 0.3) is 0 Å². The number of benzene rings is 2. The van der Waals surface area contributed by atoms with Crippen LogP contribution in [-0.2, 0) is 4.79 Å². The fraction of sp³-hybridized carbons (Fsp3) is 0.316. The number of amides is 1. The summed E-state index contributed by atoms with van der Waals surface area (Å²) >= 11 is 0. The van der Waals surface area contributed by atoms with E-state index >= 15 is 0 Å². The third-order valence-electron chi connectivity index (χ3n) is 4.94. The van der Waals surface area contributed by atoms with Crippen LogP contribution >= 0.6 is 0 Å². The third-order valence-corrected chi connectivity index (χ3v) is 4.94. The molecule has 2 nitrogen and oxygen atoms in total. The summed E-state index contributed by atoms with van der Waals surface area (Å²) in [5, 5.41) is 3.21. The van der Waals surface area contributed by atoms with Crippen LogP contribution in [0.4, 0.5) is 0 Å². The number of nitrogens with one attached hydrogen (secondary N) is 1. The van der Waals surface area contributed by atoms with E-state index in [-0.39, 0.29) is 11.9 Å². The molecule has 1 saturated heterocycles. The summed E-state index contributed by atoms with van der Waals surface area (Å²) in [6, 6.07) is 17.6. The van der Waals surface area contributed by atoms with E-state index in [0.717, 1.165) is 6.42 Å². The molecule has 2 heteroatoms. The minimum absolute atomic E-state index is 0.188. The number of piperidine rings is 1. The molecule has 106 valence electrons. The van der Waals surface area contributed by atoms with Gasteiger partial charge in [-0.05, 0) is 36.0 Å². The molecule has 3 atom stereocenters. The normalized spacial score (nSPS) is 26.9. The Bertz CT molecular complexity index is 706. The zero-order valence-corrected chi connectivity index (χ0v) is 12.2. The number of fused-ring (bicyclic) bond motifs is 3. The van der Waals surface area contributed by atoms with Crippen LogP contribution in [-0.4, -0.2) is 5.91 Å². The van der Waals surface area contributed by atoms with Crippen LogP contribution in [0.3, 0.4) is 0 Å². The predicted octanol–water partition coefficient (Wildman–Crippen LogP) is 3.71. The van der Waals surface area contributed by atoms with Crippen LogP contribution in [0.2, 0.25) is 0 Å². The van der Waals surface area contributed by atoms with Crippen LogP contribution in [0, 0.1) is 12.8 Å². The summed E-state index contributed by atoms with van der Waals surface area (Å²) in [6.45, 7) is 2.14. The molecule has 1 aliphatic carbocycles. The molecular formula is C19H19NO. The number of hydrogen-bond acceptors (Lipinski definition) is 1. The second-order valence-corrected chi connectivity index (χ2v) is 6.27. The van der Waals surface area contributed by atoms with Gasteiger partial charge in [0.05, 0.1) is 6.04 Å². The molecule has 0 bridgehead atoms. The van der Waals surface area contributed by atoms with Gasteiger partial charge in [-0.3, -0.25) is 4.79 Å². The van der Waals surface area contributed by atoms with E-state index in [9.17, 15) is 4.79 Å². The first-order valence-corrected chi connectivity index (χ1v) is 7.69. The van der Waals surface area contributed by atoms with Gasteiger partial charge in [-0.15, -0.1) is 0 Å². The van der Waals surface area contributed by atoms with Crippen molar-refractivity contribution >= 4 is 5.91 Å². The zero-order chi connectivity index (χ0) is 14.4. The molecule has 21 heavy (non-hydrogen) atoms. The quantitative estimate of drug-likeness (QED) is 0.846. The molecule has 1 amide bonds. The maximum Gasteiger partial charge on any atom is 0.220 e. The van der Waals surface area contributed by atoms with Crippen molar-refractivity contribution in [3.05, 3.63) is 70.8 Å². The average Bonchev–Trinajstić information content (AvgIpc) is 2.81. The van der Waals surface area contributed by atoms with Crippen LogP contribution < -0.4 is 5.32 Å². The lowest BCUT2D eigenvalue weighted by Gasteiger charge is -2.30. The molecule has 0 saturated carbocycles. The first-order valence-electron chi connectivity index (χ1n) is 7.69. The Hall–Kier alpha value is -2.09. The summed E-state index contributed by atoms with van der Waals surface area (Å²) in [5.74, 6) is 1.09. The minimum atomic E-state index is 0.188. The second-order valence-electron chi connectivity index (χ2n) is 6.27. The van der Waals surface area contributed by atoms with Crippen molar-refractivity contribution in [3.63, 3.8) is 0 Å². The van der Waals surface area contributed by atoms with Gasteiger partial charge in [0.1, 0.15) is 0 Å². The molecule has 1 heterocycles. The molecule has 2 aromatic carbocycles. The molecule has 2 aliphatic rings. The van der Waals surface area contributed by atoms with Crippen LogP contribution in [0.15, 0.2) is 48.5 Å². The third kappa shape index (κ3) is 1.98. The highest BCUT2D eigenvalue weighted by atomic mass is 16.1. The topological polar surface area (TPSA) is 29.1 Å². The van der Waals surface area contributed by atoms with Crippen molar-refractivity contribution in [3.8, 4) is 0 Å². The predicted molar refractivity (Wildman–Crippen MR) is 83.1 cm³/mol. The lowest BCUT2D eigenvalue weighted by atomic mass is 9.80. The van der Waals surface area contributed by atoms with Gasteiger partial charge in [-0.2, -0.15) is 0 Å². The minimum Gasteiger partial charge on any atom is -0.349 e. The lowest BCUT2D eigenvalue weighted by molar-refractivity contribution is -0.124. The second kappa shape index (κ2) is 4.73. The van der Waals surface area contributed by atoms with Crippen molar-refractivity contribution in [2.45, 2.75) is 31.7 Å². The van der Waals surface area contributed by atoms with Gasteiger partial charge in [0.15, 0.2) is 0 Å². The molecular weight excluding hydrogens is 258 g/mol. The van der Waals surface area contributed by atoms with Crippen LogP contribution in [0.25, 0.3) is 0 Å². The monoisotopic (exact) mass is 277 g/mol. The highest BCUT2D eigenvalue weighted by Crippen LogP contribution is 2.51. The van der Waals surface area contributed by atoms with Crippen molar-refractivity contribution < 1.29 is 4.79 Å². The van der Waals surface area contributed by atoms with Gasteiger partial charge in [0.2, 0.25) is 5.91 Å². The summed E-state index contributed by atoms with van der Waals surface area (Å²) < 4.78 is 0. The van der Waals surface area contributed by atoms with Crippen molar-refractivity contribution in [2.24, 2.45) is 5.92 Å². The Labute approximate surface area is 125 Å². The van der Waals surface area contributed by atoms with E-state index in [4.69, 9.17) is 0 Å². The number of hydrogen-bond donors (Lipinski definition) is 1. The Balaban J connectivity index is 1.85. The number of rotatable bonds is 1. The van der Waals surface area contributed by atoms with Crippen LogP contribution in [0.5, 0.6) is 0 Å². The van der Waals surface area contributed by atoms with E-state index in [1.807, 2.05) is 0 Å². The Morgan fingerprint density at radius 1 is 1.05 bits per heavy atom. The molecule has 2 aromatic rings. The van der Waals surface area contributed by atoms with Crippen molar-refractivity contribution in [1.82, 2.24) is 5.32 Å². The Morgan fingerprint density at radius 3 is 2.67 bits per heavy atom. The molecule has 1 N–H and O–H groups in total. The number of carbonyl (C=O) groups is 1. The van der Waals surface area contributed by atoms with E-state index in [1.54, 1.807) is 0 Å². The van der Waals surface area contributed by atoms with E-state index in [2.05, 4.69) is 60.8 Å². The van der Waals surface area contributed by atoms with Crippen molar-refractivity contribution in [1.29, 1.82) is 0 Å². The molecule has 0 spiro atoms. The van der Waals surface area contributed by atoms with Gasteiger partial charge in [-0.1, -0.05) is 54.1 Å². The van der Waals surface area contributed by atoms with E-state index < -0.39 is 0 Å². The first kappa shape index (κ1) is 12.6. The molecule has 4 rings (SSSR count). The number of carbonyl (C=O) groups excluding carboxylic acids is 1. The van der Waals surface area contributed by atoms with Gasteiger partial charge >= 0.3 is 0 Å². The zero-order valence-electron chi connectivity index (χ0n) is 12.2. The maximum absolute atomic E-state index is 11.8. The summed E-state index contributed by atoms with van der Waals surface area (Å²) in [4.78, 5) is 11.8. The van der Waals surface area contributed by atoms with E-state index in [0.29, 0.717) is 18.3 Å². The first-order chi connectivity index (χ1) is 10.2. The molecule has 0 radical (unpaired) electrons. The smallest absolute Gasteiger partial charge is 0.220 e. The summed E-state index contributed by atoms with van der Waals surface area (Å²) in [6.07, 6.45) is 1.63. The standard InChI is InChI=1S/C19H19NO/c1-12-5-4-6-13(11-12)18-14-7-2-3-8-15(14)19-16(18)9-10-17(21)20-19/h2-8,11,16,18-19H,9-10H2,1H3,(H,20,21)/t16-,18-,19+/m0/s1. The lowest BCUT2D eigenvalue weighted by Crippen LogP contribution is -2.37. The van der Waals surface area contributed by atoms with Crippen molar-refractivity contribution in [2.75, 3.05) is 0 Å². The van der Waals surface area contributed by atoms with Gasteiger partial charge in [0, 0.05) is 12.3 Å². The highest BCUT2D eigenvalue weighted by molar-refractivity contribution is 5.78. The molecule has 1 aliphatic heterocycles. The maximum atomic E-state index is 11.8. The summed E-state index contributed by atoms with van der Waals surface area (Å²) in [5.41, 5.74) is 5.38.